The van der Waals surface area contributed by atoms with Gasteiger partial charge in [0.05, 0.1) is 45.8 Å². The van der Waals surface area contributed by atoms with E-state index in [9.17, 15) is 9.59 Å². The maximum atomic E-state index is 12.9. The lowest BCUT2D eigenvalue weighted by Gasteiger charge is -2.22. The Kier molecular flexibility index (Phi) is 9.88. The van der Waals surface area contributed by atoms with Crippen LogP contribution < -0.4 is 20.9 Å². The summed E-state index contributed by atoms with van der Waals surface area (Å²) in [6, 6.07) is 3.94. The summed E-state index contributed by atoms with van der Waals surface area (Å²) >= 11 is 2.91. The zero-order chi connectivity index (χ0) is 33.2. The van der Waals surface area contributed by atoms with E-state index in [1.165, 1.54) is 67.6 Å². The first kappa shape index (κ1) is 33.0. The molecule has 6 heterocycles. The van der Waals surface area contributed by atoms with Crippen LogP contribution in [0.3, 0.4) is 0 Å². The summed E-state index contributed by atoms with van der Waals surface area (Å²) in [5, 5.41) is 1.97. The Bertz CT molecular complexity index is 2140. The third-order valence-corrected chi connectivity index (χ3v) is 11.1. The summed E-state index contributed by atoms with van der Waals surface area (Å²) in [5.74, 6) is 1.27. The van der Waals surface area contributed by atoms with Gasteiger partial charge in [-0.05, 0) is 49.7 Å². The Hall–Kier alpha value is -3.90. The molecule has 2 aliphatic rings. The number of rotatable bonds is 6. The molecule has 0 N–H and O–H groups in total. The molecule has 2 fully saturated rings. The van der Waals surface area contributed by atoms with Gasteiger partial charge in [-0.1, -0.05) is 33.1 Å². The fraction of sp³-hybridized carbons (Fsp3) is 0.486. The molecule has 0 atom stereocenters. The summed E-state index contributed by atoms with van der Waals surface area (Å²) in [6.07, 6.45) is 15.8. The summed E-state index contributed by atoms with van der Waals surface area (Å²) in [4.78, 5) is 49.5. The van der Waals surface area contributed by atoms with E-state index >= 15 is 0 Å². The number of hydrogen-bond donors (Lipinski definition) is 0. The highest BCUT2D eigenvalue weighted by molar-refractivity contribution is 7.25. The molecule has 0 bridgehead atoms. The fourth-order valence-corrected chi connectivity index (χ4v) is 8.50. The van der Waals surface area contributed by atoms with E-state index in [1.807, 2.05) is 68.5 Å². The second kappa shape index (κ2) is 14.1. The molecule has 2 aliphatic carbocycles. The number of nitrogens with zero attached hydrogens (tertiary/aromatic N) is 8. The van der Waals surface area contributed by atoms with Crippen LogP contribution in [-0.2, 0) is 13.1 Å². The molecule has 12 heteroatoms. The minimum Gasteiger partial charge on any atom is -0.377 e. The predicted octanol–water partition coefficient (Wildman–Crippen LogP) is 7.16. The van der Waals surface area contributed by atoms with Crippen molar-refractivity contribution in [2.24, 2.45) is 11.8 Å². The average Bonchev–Trinajstić information content (AvgIpc) is 3.69. The van der Waals surface area contributed by atoms with Crippen molar-refractivity contribution in [2.75, 3.05) is 38.0 Å². The largest absolute Gasteiger partial charge is 0.377 e. The van der Waals surface area contributed by atoms with Gasteiger partial charge in [0.15, 0.2) is 0 Å². The van der Waals surface area contributed by atoms with Crippen LogP contribution in [0.5, 0.6) is 0 Å². The van der Waals surface area contributed by atoms with Crippen molar-refractivity contribution in [3.8, 4) is 0 Å². The average molecular weight is 673 g/mol. The highest BCUT2D eigenvalue weighted by Crippen LogP contribution is 2.37. The van der Waals surface area contributed by atoms with Crippen LogP contribution in [0.4, 0.5) is 11.4 Å². The van der Waals surface area contributed by atoms with Gasteiger partial charge in [-0.3, -0.25) is 18.7 Å². The molecule has 248 valence electrons. The molecule has 0 aliphatic heterocycles. The lowest BCUT2D eigenvalue weighted by Crippen LogP contribution is -2.25. The molecule has 0 radical (unpaired) electrons. The quantitative estimate of drug-likeness (QED) is 0.184. The molecular formula is C35H44N8O2S2. The molecule has 0 unspecified atom stereocenters. The number of pyridine rings is 2. The maximum absolute atomic E-state index is 12.9. The monoisotopic (exact) mass is 672 g/mol. The first-order valence-corrected chi connectivity index (χ1v) is 18.3. The highest BCUT2D eigenvalue weighted by atomic mass is 32.1. The number of anilines is 2. The lowest BCUT2D eigenvalue weighted by atomic mass is 9.89. The molecule has 6 aromatic rings. The Morgan fingerprint density at radius 3 is 1.49 bits per heavy atom. The van der Waals surface area contributed by atoms with Crippen molar-refractivity contribution in [1.82, 2.24) is 29.1 Å². The second-order valence-corrected chi connectivity index (χ2v) is 14.7. The Morgan fingerprint density at radius 2 is 1.09 bits per heavy atom. The van der Waals surface area contributed by atoms with Gasteiger partial charge >= 0.3 is 0 Å². The van der Waals surface area contributed by atoms with Gasteiger partial charge in [0.2, 0.25) is 0 Å². The molecular weight excluding hydrogens is 629 g/mol. The minimum absolute atomic E-state index is 0.0691. The number of aromatic nitrogens is 6. The van der Waals surface area contributed by atoms with Gasteiger partial charge < -0.3 is 9.80 Å². The zero-order valence-corrected chi connectivity index (χ0v) is 29.8. The van der Waals surface area contributed by atoms with Gasteiger partial charge in [0.25, 0.3) is 11.1 Å². The van der Waals surface area contributed by atoms with Crippen LogP contribution in [0.15, 0.2) is 46.8 Å². The Labute approximate surface area is 282 Å². The van der Waals surface area contributed by atoms with Crippen molar-refractivity contribution in [2.45, 2.75) is 71.9 Å². The van der Waals surface area contributed by atoms with E-state index in [2.05, 4.69) is 19.9 Å². The zero-order valence-electron chi connectivity index (χ0n) is 28.2. The van der Waals surface area contributed by atoms with Crippen molar-refractivity contribution >= 4 is 74.9 Å². The first-order chi connectivity index (χ1) is 22.8. The molecule has 0 amide bonds. The van der Waals surface area contributed by atoms with Crippen LogP contribution in [-0.4, -0.2) is 57.3 Å². The lowest BCUT2D eigenvalue weighted by molar-refractivity contribution is 0.315. The third kappa shape index (κ3) is 6.62. The second-order valence-electron chi connectivity index (χ2n) is 12.7. The van der Waals surface area contributed by atoms with E-state index in [0.29, 0.717) is 11.8 Å². The van der Waals surface area contributed by atoms with Gasteiger partial charge in [0.1, 0.15) is 19.1 Å². The van der Waals surface area contributed by atoms with E-state index in [4.69, 9.17) is 0 Å². The van der Waals surface area contributed by atoms with E-state index < -0.39 is 0 Å². The van der Waals surface area contributed by atoms with Gasteiger partial charge in [-0.2, -0.15) is 0 Å². The van der Waals surface area contributed by atoms with Gasteiger partial charge in [-0.25, -0.2) is 19.9 Å². The van der Waals surface area contributed by atoms with Crippen LogP contribution in [0.25, 0.3) is 40.9 Å². The third-order valence-electron chi connectivity index (χ3n) is 8.95. The standard InChI is InChI=1S/C18H22N4OS.C15H16N4OS.C2H6/c1-21(2)13-8-9-19-17-14(13)15-16(24-17)18(23)22(11-20-15)10-12-6-4-3-5-7-12;1-18(2)10-5-6-16-14-11(10)12-13(21-14)15(20)19(8-17-12)7-9-3-4-9;1-2/h8-9,11-12H,3-7,10H2,1-2H3;5-6,8-9H,3-4,7H2,1-2H3;1-2H3. The summed E-state index contributed by atoms with van der Waals surface area (Å²) in [6.45, 7) is 5.59. The van der Waals surface area contributed by atoms with Gasteiger partial charge in [0, 0.05) is 53.7 Å². The van der Waals surface area contributed by atoms with Gasteiger partial charge in [-0.15, -0.1) is 22.7 Å². The fourth-order valence-electron chi connectivity index (χ4n) is 6.37. The Balaban J connectivity index is 0.000000157. The topological polar surface area (TPSA) is 102 Å². The van der Waals surface area contributed by atoms with Crippen molar-refractivity contribution < 1.29 is 0 Å². The molecule has 8 rings (SSSR count). The number of hydrogen-bond acceptors (Lipinski definition) is 10. The number of fused-ring (bicyclic) bond motifs is 6. The molecule has 2 saturated carbocycles. The van der Waals surface area contributed by atoms with E-state index in [-0.39, 0.29) is 11.1 Å². The van der Waals surface area contributed by atoms with Crippen LogP contribution in [0.1, 0.15) is 58.8 Å². The molecule has 47 heavy (non-hydrogen) atoms. The molecule has 0 aromatic carbocycles. The van der Waals surface area contributed by atoms with Crippen LogP contribution in [0, 0.1) is 11.8 Å². The molecule has 6 aromatic heterocycles. The SMILES string of the molecule is CC.CN(C)c1ccnc2sc3c(=O)n(CC4CC4)cnc3c12.CN(C)c1ccnc2sc3c(=O)n(CC4CCCCC4)cnc3c12. The van der Waals surface area contributed by atoms with Crippen LogP contribution in [0.2, 0.25) is 0 Å². The van der Waals surface area contributed by atoms with Crippen LogP contribution >= 0.6 is 22.7 Å². The highest BCUT2D eigenvalue weighted by Gasteiger charge is 2.24. The summed E-state index contributed by atoms with van der Waals surface area (Å²) in [5.41, 5.74) is 3.83. The predicted molar refractivity (Wildman–Crippen MR) is 198 cm³/mol. The van der Waals surface area contributed by atoms with Crippen molar-refractivity contribution in [1.29, 1.82) is 0 Å². The normalized spacial score (nSPS) is 15.0. The van der Waals surface area contributed by atoms with Crippen molar-refractivity contribution in [3.63, 3.8) is 0 Å². The Morgan fingerprint density at radius 1 is 0.660 bits per heavy atom. The number of thiophene rings is 2. The molecule has 0 saturated heterocycles. The first-order valence-electron chi connectivity index (χ1n) is 16.7. The summed E-state index contributed by atoms with van der Waals surface area (Å²) < 4.78 is 5.01. The smallest absolute Gasteiger partial charge is 0.271 e. The molecule has 0 spiro atoms. The van der Waals surface area contributed by atoms with Crippen molar-refractivity contribution in [3.05, 3.63) is 57.9 Å². The van der Waals surface area contributed by atoms with E-state index in [1.54, 1.807) is 29.6 Å². The molecule has 10 nitrogen and oxygen atoms in total. The van der Waals surface area contributed by atoms with E-state index in [0.717, 1.165) is 65.3 Å². The minimum atomic E-state index is 0.0691. The summed E-state index contributed by atoms with van der Waals surface area (Å²) in [7, 11) is 7.99. The maximum Gasteiger partial charge on any atom is 0.271 e.